The molecule has 0 bridgehead atoms. The third-order valence-electron chi connectivity index (χ3n) is 13.7. The Bertz CT molecular complexity index is 3740. The summed E-state index contributed by atoms with van der Waals surface area (Å²) in [5.74, 6) is 0. The predicted octanol–water partition coefficient (Wildman–Crippen LogP) is 17.1. The van der Waals surface area contributed by atoms with Crippen LogP contribution in [0.2, 0.25) is 0 Å². The lowest BCUT2D eigenvalue weighted by Crippen LogP contribution is -2.28. The van der Waals surface area contributed by atoms with Gasteiger partial charge in [-0.25, -0.2) is 0 Å². The lowest BCUT2D eigenvalue weighted by molar-refractivity contribution is 0.669. The minimum atomic E-state index is -0.551. The van der Waals surface area contributed by atoms with E-state index in [1.54, 1.807) is 0 Å². The van der Waals surface area contributed by atoms with E-state index in [0.29, 0.717) is 0 Å². The zero-order valence-corrected chi connectivity index (χ0v) is 35.5. The molecule has 0 saturated heterocycles. The smallest absolute Gasteiger partial charge is 0.136 e. The second kappa shape index (κ2) is 14.8. The van der Waals surface area contributed by atoms with Gasteiger partial charge in [-0.3, -0.25) is 0 Å². The molecule has 0 saturated carbocycles. The van der Waals surface area contributed by atoms with Crippen LogP contribution in [0.15, 0.2) is 253 Å². The summed E-state index contributed by atoms with van der Waals surface area (Å²) in [7, 11) is 0. The van der Waals surface area contributed by atoms with Crippen molar-refractivity contribution in [3.05, 3.63) is 271 Å². The van der Waals surface area contributed by atoms with Crippen LogP contribution in [0.25, 0.3) is 76.9 Å². The van der Waals surface area contributed by atoms with Crippen LogP contribution in [0.4, 0.5) is 17.1 Å². The lowest BCUT2D eigenvalue weighted by atomic mass is 9.67. The molecule has 304 valence electrons. The minimum absolute atomic E-state index is 0.551. The Labute approximate surface area is 377 Å². The number of hydrogen-bond donors (Lipinski definition) is 0. The predicted molar refractivity (Wildman–Crippen MR) is 272 cm³/mol. The van der Waals surface area contributed by atoms with Crippen LogP contribution in [0.1, 0.15) is 22.3 Å². The highest BCUT2D eigenvalue weighted by molar-refractivity contribution is 6.16. The normalized spacial score (nSPS) is 12.7. The van der Waals surface area contributed by atoms with E-state index in [-0.39, 0.29) is 0 Å². The van der Waals surface area contributed by atoms with Crippen molar-refractivity contribution in [2.75, 3.05) is 4.90 Å². The van der Waals surface area contributed by atoms with E-state index >= 15 is 0 Å². The summed E-state index contributed by atoms with van der Waals surface area (Å²) in [5, 5.41) is 7.04. The van der Waals surface area contributed by atoms with E-state index in [0.717, 1.165) is 55.7 Å². The average molecular weight is 828 g/mol. The monoisotopic (exact) mass is 827 g/mol. The molecule has 2 nitrogen and oxygen atoms in total. The van der Waals surface area contributed by atoms with Crippen molar-refractivity contribution >= 4 is 60.5 Å². The molecule has 11 aromatic carbocycles. The summed E-state index contributed by atoms with van der Waals surface area (Å²) in [6.07, 6.45) is 0. The van der Waals surface area contributed by atoms with Crippen molar-refractivity contribution in [3.8, 4) is 33.4 Å². The number of nitrogens with zero attached hydrogens (tertiary/aromatic N) is 1. The molecule has 65 heavy (non-hydrogen) atoms. The molecule has 0 spiro atoms. The minimum Gasteiger partial charge on any atom is -0.456 e. The maximum atomic E-state index is 6.67. The molecule has 1 aliphatic rings. The molecule has 13 rings (SSSR count). The lowest BCUT2D eigenvalue weighted by Gasteiger charge is -2.35. The van der Waals surface area contributed by atoms with Gasteiger partial charge in [-0.05, 0) is 120 Å². The quantitative estimate of drug-likeness (QED) is 0.159. The fourth-order valence-electron chi connectivity index (χ4n) is 10.9. The zero-order valence-electron chi connectivity index (χ0n) is 35.5. The number of rotatable bonds is 7. The molecular weight excluding hydrogens is 787 g/mol. The SMILES string of the molecule is c1ccc(C2(c3ccccc3)c3ccccc3-c3ccc(N(c4cccc(-c5cccc6ccccc56)c4)c4ccccc4-c4cccc5oc6cc7ccccc7cc6c45)cc32)cc1. The number of benzene rings is 11. The molecular formula is C63H41NO. The molecule has 1 aliphatic carbocycles. The molecule has 0 unspecified atom stereocenters. The molecule has 2 heteroatoms. The van der Waals surface area contributed by atoms with Crippen molar-refractivity contribution in [2.45, 2.75) is 5.41 Å². The number of hydrogen-bond acceptors (Lipinski definition) is 2. The summed E-state index contributed by atoms with van der Waals surface area (Å²) in [6.45, 7) is 0. The Kier molecular flexibility index (Phi) is 8.47. The van der Waals surface area contributed by atoms with Gasteiger partial charge in [0, 0.05) is 27.7 Å². The van der Waals surface area contributed by atoms with Gasteiger partial charge < -0.3 is 9.32 Å². The van der Waals surface area contributed by atoms with Crippen LogP contribution >= 0.6 is 0 Å². The van der Waals surface area contributed by atoms with Gasteiger partial charge in [0.05, 0.1) is 11.1 Å². The fourth-order valence-corrected chi connectivity index (χ4v) is 10.9. The van der Waals surface area contributed by atoms with Crippen LogP contribution in [0, 0.1) is 0 Å². The van der Waals surface area contributed by atoms with Gasteiger partial charge in [-0.2, -0.15) is 0 Å². The third kappa shape index (κ3) is 5.74. The Morgan fingerprint density at radius 3 is 1.72 bits per heavy atom. The summed E-state index contributed by atoms with van der Waals surface area (Å²) in [4.78, 5) is 2.48. The molecule has 0 N–H and O–H groups in total. The first-order valence-electron chi connectivity index (χ1n) is 22.4. The average Bonchev–Trinajstić information content (AvgIpc) is 3.89. The standard InChI is InChI=1S/C63H41NO/c1-3-23-46(24-4-1)63(47-25-5-2-6-26-47)57-33-13-11-29-52(57)53-37-36-49(41-58(53)63)64(48-27-15-22-45(38-48)51-31-16-21-42-18-9-10-28-50(42)51)59-34-14-12-30-54(59)55-32-17-35-60-62(55)56-39-43-19-7-8-20-44(43)40-61(56)65-60/h1-41H. The first-order chi connectivity index (χ1) is 32.2. The van der Waals surface area contributed by atoms with E-state index in [2.05, 4.69) is 254 Å². The summed E-state index contributed by atoms with van der Waals surface area (Å²) in [6, 6.07) is 91.0. The number of para-hydroxylation sites is 1. The van der Waals surface area contributed by atoms with Gasteiger partial charge in [-0.1, -0.05) is 200 Å². The van der Waals surface area contributed by atoms with Crippen molar-refractivity contribution in [3.63, 3.8) is 0 Å². The molecule has 1 aromatic heterocycles. The summed E-state index contributed by atoms with van der Waals surface area (Å²) in [5.41, 5.74) is 16.6. The van der Waals surface area contributed by atoms with Crippen molar-refractivity contribution in [1.82, 2.24) is 0 Å². The number of furan rings is 1. The van der Waals surface area contributed by atoms with Crippen LogP contribution in [0.3, 0.4) is 0 Å². The van der Waals surface area contributed by atoms with E-state index in [4.69, 9.17) is 4.42 Å². The van der Waals surface area contributed by atoms with E-state index in [1.807, 2.05) is 0 Å². The molecule has 0 amide bonds. The largest absolute Gasteiger partial charge is 0.456 e. The van der Waals surface area contributed by atoms with Gasteiger partial charge in [0.15, 0.2) is 0 Å². The number of anilines is 3. The topological polar surface area (TPSA) is 16.4 Å². The maximum Gasteiger partial charge on any atom is 0.136 e. The summed E-state index contributed by atoms with van der Waals surface area (Å²) < 4.78 is 6.67. The van der Waals surface area contributed by atoms with Gasteiger partial charge in [0.1, 0.15) is 11.2 Å². The van der Waals surface area contributed by atoms with Gasteiger partial charge in [0.25, 0.3) is 0 Å². The van der Waals surface area contributed by atoms with Gasteiger partial charge >= 0.3 is 0 Å². The highest BCUT2D eigenvalue weighted by atomic mass is 16.3. The van der Waals surface area contributed by atoms with Crippen LogP contribution in [-0.2, 0) is 5.41 Å². The fraction of sp³-hybridized carbons (Fsp3) is 0.0159. The van der Waals surface area contributed by atoms with E-state index < -0.39 is 5.41 Å². The maximum absolute atomic E-state index is 6.67. The van der Waals surface area contributed by atoms with Crippen LogP contribution in [-0.4, -0.2) is 0 Å². The van der Waals surface area contributed by atoms with Crippen molar-refractivity contribution < 1.29 is 4.42 Å². The van der Waals surface area contributed by atoms with Gasteiger partial charge in [-0.15, -0.1) is 0 Å². The highest BCUT2D eigenvalue weighted by Crippen LogP contribution is 2.57. The van der Waals surface area contributed by atoms with Crippen molar-refractivity contribution in [2.24, 2.45) is 0 Å². The third-order valence-corrected chi connectivity index (χ3v) is 13.7. The second-order valence-corrected chi connectivity index (χ2v) is 17.2. The molecule has 1 heterocycles. The van der Waals surface area contributed by atoms with Gasteiger partial charge in [0.2, 0.25) is 0 Å². The highest BCUT2D eigenvalue weighted by Gasteiger charge is 2.46. The molecule has 0 aliphatic heterocycles. The Morgan fingerprint density at radius 1 is 0.323 bits per heavy atom. The number of fused-ring (bicyclic) bond motifs is 8. The van der Waals surface area contributed by atoms with Crippen molar-refractivity contribution in [1.29, 1.82) is 0 Å². The first kappa shape index (κ1) is 37.1. The second-order valence-electron chi connectivity index (χ2n) is 17.2. The molecule has 12 aromatic rings. The van der Waals surface area contributed by atoms with Crippen LogP contribution < -0.4 is 4.90 Å². The molecule has 0 radical (unpaired) electrons. The Hall–Kier alpha value is -8.46. The first-order valence-corrected chi connectivity index (χ1v) is 22.4. The Morgan fingerprint density at radius 2 is 0.908 bits per heavy atom. The Balaban J connectivity index is 1.09. The van der Waals surface area contributed by atoms with Crippen LogP contribution in [0.5, 0.6) is 0 Å². The summed E-state index contributed by atoms with van der Waals surface area (Å²) >= 11 is 0. The van der Waals surface area contributed by atoms with E-state index in [9.17, 15) is 0 Å². The molecule has 0 fully saturated rings. The zero-order chi connectivity index (χ0) is 42.9. The van der Waals surface area contributed by atoms with E-state index in [1.165, 1.54) is 60.5 Å². The molecule has 0 atom stereocenters.